The Labute approximate surface area is 144 Å². The van der Waals surface area contributed by atoms with Crippen LogP contribution in [0.1, 0.15) is 25.3 Å². The molecule has 0 radical (unpaired) electrons. The molecule has 1 aliphatic heterocycles. The lowest BCUT2D eigenvalue weighted by Gasteiger charge is -2.33. The second-order valence-corrected chi connectivity index (χ2v) is 8.06. The molecule has 1 aromatic carbocycles. The molecule has 0 spiro atoms. The number of benzene rings is 1. The third kappa shape index (κ3) is 6.04. The first kappa shape index (κ1) is 18.7. The van der Waals surface area contributed by atoms with Crippen LogP contribution in [-0.2, 0) is 16.6 Å². The molecule has 5 nitrogen and oxygen atoms in total. The summed E-state index contributed by atoms with van der Waals surface area (Å²) in [6.07, 6.45) is 2.90. The fourth-order valence-electron chi connectivity index (χ4n) is 2.67. The van der Waals surface area contributed by atoms with Gasteiger partial charge in [-0.05, 0) is 43.5 Å². The average molecular weight is 360 g/mol. The average Bonchev–Trinajstić information content (AvgIpc) is 2.55. The topological polar surface area (TPSA) is 52.7 Å². The molecule has 0 atom stereocenters. The maximum atomic E-state index is 12.1. The highest BCUT2D eigenvalue weighted by Gasteiger charge is 2.25. The number of nitrogens with one attached hydrogen (secondary N) is 1. The largest absolute Gasteiger partial charge is 0.301 e. The van der Waals surface area contributed by atoms with Crippen LogP contribution in [0.4, 0.5) is 0 Å². The van der Waals surface area contributed by atoms with Crippen molar-refractivity contribution in [1.29, 1.82) is 0 Å². The monoisotopic (exact) mass is 359 g/mol. The van der Waals surface area contributed by atoms with E-state index in [0.29, 0.717) is 19.6 Å². The van der Waals surface area contributed by atoms with Gasteiger partial charge >= 0.3 is 0 Å². The molecule has 0 aliphatic carbocycles. The Morgan fingerprint density at radius 2 is 1.78 bits per heavy atom. The summed E-state index contributed by atoms with van der Waals surface area (Å²) >= 11 is 5.88. The van der Waals surface area contributed by atoms with Crippen LogP contribution in [0.2, 0.25) is 5.02 Å². The SMILES string of the molecule is CCCNS(=O)(=O)N1CCN(CCCc2ccc(Cl)cc2)CC1. The minimum absolute atomic E-state index is 0.504. The van der Waals surface area contributed by atoms with Gasteiger partial charge in [0, 0.05) is 37.7 Å². The van der Waals surface area contributed by atoms with Crippen molar-refractivity contribution in [3.8, 4) is 0 Å². The van der Waals surface area contributed by atoms with Gasteiger partial charge in [-0.15, -0.1) is 0 Å². The van der Waals surface area contributed by atoms with Crippen molar-refractivity contribution in [3.63, 3.8) is 0 Å². The highest BCUT2D eigenvalue weighted by Crippen LogP contribution is 2.12. The van der Waals surface area contributed by atoms with Crippen molar-refractivity contribution in [2.45, 2.75) is 26.2 Å². The Morgan fingerprint density at radius 3 is 2.39 bits per heavy atom. The number of halogens is 1. The van der Waals surface area contributed by atoms with Crippen molar-refractivity contribution in [1.82, 2.24) is 13.9 Å². The van der Waals surface area contributed by atoms with Crippen LogP contribution < -0.4 is 4.72 Å². The minimum Gasteiger partial charge on any atom is -0.301 e. The van der Waals surface area contributed by atoms with Gasteiger partial charge in [0.25, 0.3) is 10.2 Å². The first-order valence-electron chi connectivity index (χ1n) is 8.23. The molecule has 0 bridgehead atoms. The zero-order valence-corrected chi connectivity index (χ0v) is 15.2. The molecule has 1 heterocycles. The molecule has 1 aromatic rings. The van der Waals surface area contributed by atoms with Crippen LogP contribution in [0.15, 0.2) is 24.3 Å². The smallest absolute Gasteiger partial charge is 0.279 e. The van der Waals surface area contributed by atoms with E-state index in [2.05, 4.69) is 21.8 Å². The van der Waals surface area contributed by atoms with E-state index in [4.69, 9.17) is 11.6 Å². The Balaban J connectivity index is 1.69. The first-order valence-corrected chi connectivity index (χ1v) is 10.0. The maximum Gasteiger partial charge on any atom is 0.279 e. The molecule has 1 fully saturated rings. The molecule has 1 N–H and O–H groups in total. The van der Waals surface area contributed by atoms with Gasteiger partial charge in [0.15, 0.2) is 0 Å². The van der Waals surface area contributed by atoms with E-state index in [1.165, 1.54) is 5.56 Å². The second-order valence-electron chi connectivity index (χ2n) is 5.87. The second kappa shape index (κ2) is 8.99. The lowest BCUT2D eigenvalue weighted by atomic mass is 10.1. The molecule has 7 heteroatoms. The number of piperazine rings is 1. The summed E-state index contributed by atoms with van der Waals surface area (Å²) in [6, 6.07) is 7.96. The Hall–Kier alpha value is -0.660. The lowest BCUT2D eigenvalue weighted by molar-refractivity contribution is 0.185. The number of nitrogens with zero attached hydrogens (tertiary/aromatic N) is 2. The predicted molar refractivity (Wildman–Crippen MR) is 95.0 cm³/mol. The molecule has 0 unspecified atom stereocenters. The quantitative estimate of drug-likeness (QED) is 0.773. The predicted octanol–water partition coefficient (Wildman–Crippen LogP) is 2.13. The van der Waals surface area contributed by atoms with Gasteiger partial charge in [0.1, 0.15) is 0 Å². The first-order chi connectivity index (χ1) is 11.0. The molecule has 130 valence electrons. The number of hydrogen-bond acceptors (Lipinski definition) is 3. The van der Waals surface area contributed by atoms with Crippen LogP contribution in [0.5, 0.6) is 0 Å². The maximum absolute atomic E-state index is 12.1. The Kier molecular flexibility index (Phi) is 7.30. The van der Waals surface area contributed by atoms with E-state index in [9.17, 15) is 8.42 Å². The van der Waals surface area contributed by atoms with E-state index in [1.807, 2.05) is 19.1 Å². The summed E-state index contributed by atoms with van der Waals surface area (Å²) in [6.45, 7) is 6.20. The van der Waals surface area contributed by atoms with Gasteiger partial charge in [-0.25, -0.2) is 4.72 Å². The summed E-state index contributed by atoms with van der Waals surface area (Å²) in [5.74, 6) is 0. The number of rotatable bonds is 8. The Morgan fingerprint density at radius 1 is 1.13 bits per heavy atom. The zero-order valence-electron chi connectivity index (χ0n) is 13.7. The molecule has 23 heavy (non-hydrogen) atoms. The van der Waals surface area contributed by atoms with Crippen molar-refractivity contribution in [3.05, 3.63) is 34.9 Å². The summed E-state index contributed by atoms with van der Waals surface area (Å²) < 4.78 is 28.3. The molecular weight excluding hydrogens is 334 g/mol. The molecule has 0 amide bonds. The van der Waals surface area contributed by atoms with E-state index in [0.717, 1.165) is 43.9 Å². The van der Waals surface area contributed by atoms with Gasteiger partial charge in [0.05, 0.1) is 0 Å². The highest BCUT2D eigenvalue weighted by atomic mass is 35.5. The molecular formula is C16H26ClN3O2S. The lowest BCUT2D eigenvalue weighted by Crippen LogP contribution is -2.52. The molecule has 1 saturated heterocycles. The van der Waals surface area contributed by atoms with Crippen LogP contribution in [0.25, 0.3) is 0 Å². The molecule has 2 rings (SSSR count). The van der Waals surface area contributed by atoms with E-state index < -0.39 is 10.2 Å². The summed E-state index contributed by atoms with van der Waals surface area (Å²) in [5, 5.41) is 0.766. The molecule has 0 aromatic heterocycles. The summed E-state index contributed by atoms with van der Waals surface area (Å²) in [7, 11) is -3.29. The summed E-state index contributed by atoms with van der Waals surface area (Å²) in [5.41, 5.74) is 1.29. The summed E-state index contributed by atoms with van der Waals surface area (Å²) in [4.78, 5) is 2.34. The van der Waals surface area contributed by atoms with Crippen molar-refractivity contribution in [2.24, 2.45) is 0 Å². The van der Waals surface area contributed by atoms with Crippen molar-refractivity contribution >= 4 is 21.8 Å². The standard InChI is InChI=1S/C16H26ClN3O2S/c1-2-9-18-23(21,22)20-13-11-19(12-14-20)10-3-4-15-5-7-16(17)8-6-15/h5-8,18H,2-4,9-14H2,1H3. The van der Waals surface area contributed by atoms with Crippen LogP contribution in [0.3, 0.4) is 0 Å². The molecule has 0 saturated carbocycles. The van der Waals surface area contributed by atoms with Crippen LogP contribution in [0, 0.1) is 0 Å². The Bertz CT molecular complexity index is 569. The normalized spacial score (nSPS) is 17.5. The number of hydrogen-bond donors (Lipinski definition) is 1. The van der Waals surface area contributed by atoms with Crippen molar-refractivity contribution < 1.29 is 8.42 Å². The third-order valence-corrected chi connectivity index (χ3v) is 5.92. The van der Waals surface area contributed by atoms with Crippen LogP contribution >= 0.6 is 11.6 Å². The third-order valence-electron chi connectivity index (χ3n) is 4.06. The van der Waals surface area contributed by atoms with Gasteiger partial charge in [-0.3, -0.25) is 0 Å². The van der Waals surface area contributed by atoms with Gasteiger partial charge in [-0.1, -0.05) is 30.7 Å². The highest BCUT2D eigenvalue weighted by molar-refractivity contribution is 7.87. The fourth-order valence-corrected chi connectivity index (χ4v) is 4.09. The zero-order chi connectivity index (χ0) is 16.7. The van der Waals surface area contributed by atoms with Crippen molar-refractivity contribution in [2.75, 3.05) is 39.3 Å². The van der Waals surface area contributed by atoms with Gasteiger partial charge < -0.3 is 4.90 Å². The molecule has 1 aliphatic rings. The van der Waals surface area contributed by atoms with Gasteiger partial charge in [-0.2, -0.15) is 12.7 Å². The van der Waals surface area contributed by atoms with E-state index >= 15 is 0 Å². The van der Waals surface area contributed by atoms with Crippen LogP contribution in [-0.4, -0.2) is 56.9 Å². The van der Waals surface area contributed by atoms with E-state index in [-0.39, 0.29) is 0 Å². The fraction of sp³-hybridized carbons (Fsp3) is 0.625. The minimum atomic E-state index is -3.29. The van der Waals surface area contributed by atoms with E-state index in [1.54, 1.807) is 4.31 Å². The number of aryl methyl sites for hydroxylation is 1. The van der Waals surface area contributed by atoms with Gasteiger partial charge in [0.2, 0.25) is 0 Å².